The van der Waals surface area contributed by atoms with Crippen LogP contribution in [0.3, 0.4) is 0 Å². The van der Waals surface area contributed by atoms with E-state index in [2.05, 4.69) is 0 Å². The first-order valence-corrected chi connectivity index (χ1v) is 9.14. The van der Waals surface area contributed by atoms with Gasteiger partial charge in [0.05, 0.1) is 11.4 Å². The highest BCUT2D eigenvalue weighted by Gasteiger charge is 2.21. The number of anilines is 1. The molecule has 0 spiro atoms. The van der Waals surface area contributed by atoms with Crippen molar-refractivity contribution >= 4 is 15.7 Å². The van der Waals surface area contributed by atoms with Crippen LogP contribution < -0.4 is 4.31 Å². The van der Waals surface area contributed by atoms with Gasteiger partial charge in [0.25, 0.3) is 0 Å². The lowest BCUT2D eigenvalue weighted by Gasteiger charge is -2.23. The molecule has 0 aliphatic heterocycles. The molecule has 0 bridgehead atoms. The second-order valence-electron chi connectivity index (χ2n) is 5.85. The number of hydrogen-bond donors (Lipinski definition) is 0. The van der Waals surface area contributed by atoms with Crippen LogP contribution in [0.4, 0.5) is 5.69 Å². The van der Waals surface area contributed by atoms with Crippen LogP contribution in [0.25, 0.3) is 11.1 Å². The van der Waals surface area contributed by atoms with Crippen LogP contribution in [-0.2, 0) is 10.0 Å². The maximum absolute atomic E-state index is 12.5. The molecule has 2 aromatic carbocycles. The van der Waals surface area contributed by atoms with E-state index in [-0.39, 0.29) is 5.75 Å². The zero-order valence-corrected chi connectivity index (χ0v) is 14.2. The van der Waals surface area contributed by atoms with Gasteiger partial charge >= 0.3 is 0 Å². The van der Waals surface area contributed by atoms with Crippen molar-refractivity contribution < 1.29 is 8.42 Å². The maximum atomic E-state index is 12.5. The van der Waals surface area contributed by atoms with Gasteiger partial charge in [-0.05, 0) is 24.0 Å². The van der Waals surface area contributed by atoms with Crippen LogP contribution in [-0.4, -0.2) is 21.2 Å². The number of hydrogen-bond acceptors (Lipinski definition) is 2. The average molecular weight is 317 g/mol. The van der Waals surface area contributed by atoms with Crippen LogP contribution in [0.1, 0.15) is 20.3 Å². The Kier molecular flexibility index (Phi) is 5.24. The van der Waals surface area contributed by atoms with E-state index in [1.54, 1.807) is 7.05 Å². The highest BCUT2D eigenvalue weighted by molar-refractivity contribution is 7.92. The van der Waals surface area contributed by atoms with Crippen molar-refractivity contribution in [3.8, 4) is 11.1 Å². The summed E-state index contributed by atoms with van der Waals surface area (Å²) in [6.45, 7) is 4.07. The molecule has 2 rings (SSSR count). The average Bonchev–Trinajstić information content (AvgIpc) is 2.53. The van der Waals surface area contributed by atoms with Crippen molar-refractivity contribution in [2.45, 2.75) is 20.3 Å². The Morgan fingerprint density at radius 1 is 0.955 bits per heavy atom. The number of nitrogens with zero attached hydrogens (tertiary/aromatic N) is 1. The van der Waals surface area contributed by atoms with Gasteiger partial charge < -0.3 is 0 Å². The molecule has 4 heteroatoms. The van der Waals surface area contributed by atoms with Crippen molar-refractivity contribution in [1.82, 2.24) is 0 Å². The molecule has 0 saturated carbocycles. The van der Waals surface area contributed by atoms with Crippen molar-refractivity contribution in [2.75, 3.05) is 17.1 Å². The van der Waals surface area contributed by atoms with Gasteiger partial charge in [-0.2, -0.15) is 0 Å². The SMILES string of the molecule is CC(C)CCS(=O)(=O)N(C)c1ccccc1-c1ccccc1. The zero-order valence-electron chi connectivity index (χ0n) is 13.4. The standard InChI is InChI=1S/C18H23NO2S/c1-15(2)13-14-22(20,21)19(3)18-12-8-7-11-17(18)16-9-5-4-6-10-16/h4-12,15H,13-14H2,1-3H3. The van der Waals surface area contributed by atoms with Crippen LogP contribution >= 0.6 is 0 Å². The summed E-state index contributed by atoms with van der Waals surface area (Å²) in [7, 11) is -1.67. The number of sulfonamides is 1. The summed E-state index contributed by atoms with van der Waals surface area (Å²) >= 11 is 0. The third-order valence-corrected chi connectivity index (χ3v) is 5.48. The molecule has 0 aliphatic carbocycles. The Morgan fingerprint density at radius 3 is 2.18 bits per heavy atom. The Hall–Kier alpha value is -1.81. The lowest BCUT2D eigenvalue weighted by atomic mass is 10.0. The first-order valence-electron chi connectivity index (χ1n) is 7.53. The quantitative estimate of drug-likeness (QED) is 0.802. The molecule has 22 heavy (non-hydrogen) atoms. The fraction of sp³-hybridized carbons (Fsp3) is 0.333. The molecule has 0 heterocycles. The predicted octanol–water partition coefficient (Wildman–Crippen LogP) is 4.17. The first-order chi connectivity index (χ1) is 10.4. The van der Waals surface area contributed by atoms with Gasteiger partial charge in [-0.15, -0.1) is 0 Å². The van der Waals surface area contributed by atoms with Gasteiger partial charge in [0.15, 0.2) is 0 Å². The van der Waals surface area contributed by atoms with Gasteiger partial charge in [0.2, 0.25) is 10.0 Å². The monoisotopic (exact) mass is 317 g/mol. The van der Waals surface area contributed by atoms with Gasteiger partial charge in [-0.25, -0.2) is 8.42 Å². The molecule has 2 aromatic rings. The fourth-order valence-corrected chi connectivity index (χ4v) is 3.78. The lowest BCUT2D eigenvalue weighted by molar-refractivity contribution is 0.572. The third kappa shape index (κ3) is 3.89. The molecule has 0 N–H and O–H groups in total. The molecule has 0 aromatic heterocycles. The second-order valence-corrected chi connectivity index (χ2v) is 7.97. The first kappa shape index (κ1) is 16.6. The van der Waals surface area contributed by atoms with Gasteiger partial charge in [-0.1, -0.05) is 62.4 Å². The predicted molar refractivity (Wildman–Crippen MR) is 93.5 cm³/mol. The van der Waals surface area contributed by atoms with Gasteiger partial charge in [-0.3, -0.25) is 4.31 Å². The van der Waals surface area contributed by atoms with E-state index in [0.717, 1.165) is 16.8 Å². The van der Waals surface area contributed by atoms with Crippen LogP contribution in [0.2, 0.25) is 0 Å². The van der Waals surface area contributed by atoms with E-state index in [0.29, 0.717) is 12.3 Å². The second kappa shape index (κ2) is 6.97. The van der Waals surface area contributed by atoms with Crippen LogP contribution in [0, 0.1) is 5.92 Å². The molecule has 0 aliphatic rings. The van der Waals surface area contributed by atoms with Gasteiger partial charge in [0, 0.05) is 12.6 Å². The summed E-state index contributed by atoms with van der Waals surface area (Å²) in [5.41, 5.74) is 2.67. The Bertz CT molecular complexity index is 709. The van der Waals surface area contributed by atoms with Crippen molar-refractivity contribution in [3.05, 3.63) is 54.6 Å². The smallest absolute Gasteiger partial charge is 0.234 e. The normalized spacial score (nSPS) is 11.6. The topological polar surface area (TPSA) is 37.4 Å². The fourth-order valence-electron chi connectivity index (χ4n) is 2.28. The summed E-state index contributed by atoms with van der Waals surface area (Å²) < 4.78 is 26.5. The molecule has 118 valence electrons. The summed E-state index contributed by atoms with van der Waals surface area (Å²) in [5, 5.41) is 0. The minimum absolute atomic E-state index is 0.171. The van der Waals surface area contributed by atoms with E-state index in [1.165, 1.54) is 4.31 Å². The molecular weight excluding hydrogens is 294 g/mol. The summed E-state index contributed by atoms with van der Waals surface area (Å²) in [4.78, 5) is 0. The number of para-hydroxylation sites is 1. The van der Waals surface area contributed by atoms with Crippen molar-refractivity contribution in [3.63, 3.8) is 0 Å². The van der Waals surface area contributed by atoms with E-state index < -0.39 is 10.0 Å². The third-order valence-electron chi connectivity index (χ3n) is 3.70. The molecule has 0 saturated heterocycles. The summed E-state index contributed by atoms with van der Waals surface area (Å²) in [6.07, 6.45) is 0.667. The van der Waals surface area contributed by atoms with Crippen molar-refractivity contribution in [1.29, 1.82) is 0 Å². The largest absolute Gasteiger partial charge is 0.273 e. The minimum Gasteiger partial charge on any atom is -0.273 e. The van der Waals surface area contributed by atoms with E-state index >= 15 is 0 Å². The number of rotatable bonds is 6. The molecule has 3 nitrogen and oxygen atoms in total. The zero-order chi connectivity index (χ0) is 16.2. The van der Waals surface area contributed by atoms with Crippen LogP contribution in [0.5, 0.6) is 0 Å². The Morgan fingerprint density at radius 2 is 1.55 bits per heavy atom. The molecular formula is C18H23NO2S. The lowest BCUT2D eigenvalue weighted by Crippen LogP contribution is -2.30. The van der Waals surface area contributed by atoms with E-state index in [9.17, 15) is 8.42 Å². The number of benzene rings is 2. The Balaban J connectivity index is 2.37. The molecule has 0 atom stereocenters. The molecule has 0 unspecified atom stereocenters. The van der Waals surface area contributed by atoms with E-state index in [4.69, 9.17) is 0 Å². The highest BCUT2D eigenvalue weighted by atomic mass is 32.2. The molecule has 0 fully saturated rings. The van der Waals surface area contributed by atoms with E-state index in [1.807, 2.05) is 68.4 Å². The van der Waals surface area contributed by atoms with Crippen LogP contribution in [0.15, 0.2) is 54.6 Å². The minimum atomic E-state index is -3.31. The molecule has 0 amide bonds. The summed E-state index contributed by atoms with van der Waals surface area (Å²) in [5.74, 6) is 0.539. The van der Waals surface area contributed by atoms with Crippen molar-refractivity contribution in [2.24, 2.45) is 5.92 Å². The highest BCUT2D eigenvalue weighted by Crippen LogP contribution is 2.31. The Labute approximate surface area is 133 Å². The maximum Gasteiger partial charge on any atom is 0.234 e. The summed E-state index contributed by atoms with van der Waals surface area (Å²) in [6, 6.07) is 17.5. The van der Waals surface area contributed by atoms with Gasteiger partial charge in [0.1, 0.15) is 0 Å². The molecule has 0 radical (unpaired) electrons.